The van der Waals surface area contributed by atoms with Crippen LogP contribution in [0.4, 0.5) is 27.7 Å². The third kappa shape index (κ3) is 7.62. The standard InChI is InChI=1S/C33H32N4O7/c38-30(14-9-18-35(31-15-7-8-19-37(31)42)33(41)43-23-24-10-3-1-4-11-24)34-25-16-17-29-28(20-25)36(26-12-5-2-6-13-26)22-27(44-29)21-32(39)40/h1-8,10-13,15-17,19-20,27H,9,14,18,21-23H2,(H,34,38)(H,39,40)/p-1. The first-order valence-corrected chi connectivity index (χ1v) is 14.2. The first kappa shape index (κ1) is 29.9. The number of carbonyl (C=O) groups excluding carboxylic acids is 3. The average molecular weight is 596 g/mol. The van der Waals surface area contributed by atoms with Gasteiger partial charge < -0.3 is 34.8 Å². The third-order valence-corrected chi connectivity index (χ3v) is 6.97. The maximum Gasteiger partial charge on any atom is 0.507 e. The molecule has 11 heteroatoms. The molecule has 1 N–H and O–H groups in total. The van der Waals surface area contributed by atoms with E-state index in [1.54, 1.807) is 30.3 Å². The number of fused-ring (bicyclic) bond motifs is 1. The lowest BCUT2D eigenvalue weighted by Crippen LogP contribution is -2.42. The largest absolute Gasteiger partial charge is 0.711 e. The zero-order valence-electron chi connectivity index (χ0n) is 23.8. The van der Waals surface area contributed by atoms with Crippen LogP contribution in [-0.4, -0.2) is 37.2 Å². The lowest BCUT2D eigenvalue weighted by atomic mass is 10.1. The molecular formula is C33H31N4O7-. The molecule has 0 fully saturated rings. The maximum atomic E-state index is 13.0. The number of ether oxygens (including phenoxy) is 2. The van der Waals surface area contributed by atoms with Gasteiger partial charge in [0.2, 0.25) is 5.91 Å². The number of hydrogen-bond donors (Lipinski definition) is 1. The summed E-state index contributed by atoms with van der Waals surface area (Å²) in [5.41, 5.74) is 2.86. The van der Waals surface area contributed by atoms with Crippen LogP contribution in [0, 0.1) is 5.21 Å². The zero-order chi connectivity index (χ0) is 30.9. The van der Waals surface area contributed by atoms with Crippen molar-refractivity contribution in [3.05, 3.63) is 114 Å². The van der Waals surface area contributed by atoms with Gasteiger partial charge in [0.1, 0.15) is 18.5 Å². The smallest absolute Gasteiger partial charge is 0.507 e. The van der Waals surface area contributed by atoms with Crippen LogP contribution >= 0.6 is 0 Å². The van der Waals surface area contributed by atoms with Crippen molar-refractivity contribution < 1.29 is 33.7 Å². The Balaban J connectivity index is 1.24. The van der Waals surface area contributed by atoms with Gasteiger partial charge in [-0.2, -0.15) is 9.69 Å². The summed E-state index contributed by atoms with van der Waals surface area (Å²) in [6.07, 6.45) is 0.0611. The number of nitrogens with one attached hydrogen (secondary N) is 1. The van der Waals surface area contributed by atoms with Crippen LogP contribution in [0.15, 0.2) is 103 Å². The molecule has 1 atom stereocenters. The van der Waals surface area contributed by atoms with Crippen LogP contribution < -0.4 is 29.7 Å². The van der Waals surface area contributed by atoms with E-state index < -0.39 is 18.2 Å². The molecule has 0 saturated carbocycles. The van der Waals surface area contributed by atoms with Crippen molar-refractivity contribution >= 4 is 40.8 Å². The monoisotopic (exact) mass is 595 g/mol. The molecule has 3 aromatic carbocycles. The molecule has 1 aromatic heterocycles. The number of amides is 2. The van der Waals surface area contributed by atoms with Gasteiger partial charge in [0.25, 0.3) is 5.82 Å². The van der Waals surface area contributed by atoms with Crippen LogP contribution in [0.1, 0.15) is 24.8 Å². The number of para-hydroxylation sites is 1. The van der Waals surface area contributed by atoms with E-state index in [0.717, 1.165) is 11.3 Å². The average Bonchev–Trinajstić information content (AvgIpc) is 3.03. The van der Waals surface area contributed by atoms with Crippen molar-refractivity contribution in [2.24, 2.45) is 0 Å². The third-order valence-electron chi connectivity index (χ3n) is 6.97. The van der Waals surface area contributed by atoms with Gasteiger partial charge in [0.05, 0.1) is 25.0 Å². The molecule has 0 bridgehead atoms. The van der Waals surface area contributed by atoms with E-state index in [0.29, 0.717) is 21.9 Å². The van der Waals surface area contributed by atoms with Gasteiger partial charge in [0, 0.05) is 36.3 Å². The Morgan fingerprint density at radius 2 is 1.70 bits per heavy atom. The molecule has 2 heterocycles. The zero-order valence-corrected chi connectivity index (χ0v) is 23.8. The van der Waals surface area contributed by atoms with Crippen LogP contribution in [-0.2, 0) is 20.9 Å². The summed E-state index contributed by atoms with van der Waals surface area (Å²) in [6, 6.07) is 28.5. The molecule has 0 saturated heterocycles. The summed E-state index contributed by atoms with van der Waals surface area (Å²) in [5, 5.41) is 26.6. The van der Waals surface area contributed by atoms with Gasteiger partial charge in [0.15, 0.2) is 0 Å². The van der Waals surface area contributed by atoms with Gasteiger partial charge in [-0.15, -0.1) is 0 Å². The quantitative estimate of drug-likeness (QED) is 0.203. The Kier molecular flexibility index (Phi) is 9.55. The van der Waals surface area contributed by atoms with Crippen molar-refractivity contribution in [2.75, 3.05) is 28.2 Å². The Hall–Kier alpha value is -5.58. The van der Waals surface area contributed by atoms with Crippen molar-refractivity contribution in [3.8, 4) is 5.75 Å². The molecular weight excluding hydrogens is 564 g/mol. The maximum absolute atomic E-state index is 13.0. The molecule has 226 valence electrons. The Labute approximate surface area is 254 Å². The summed E-state index contributed by atoms with van der Waals surface area (Å²) in [5.74, 6) is -0.902. The lowest BCUT2D eigenvalue weighted by molar-refractivity contribution is -0.591. The minimum Gasteiger partial charge on any atom is -0.711 e. The van der Waals surface area contributed by atoms with Gasteiger partial charge in [-0.3, -0.25) is 4.79 Å². The number of aromatic nitrogens is 1. The fourth-order valence-corrected chi connectivity index (χ4v) is 4.92. The second-order valence-electron chi connectivity index (χ2n) is 10.2. The van der Waals surface area contributed by atoms with E-state index in [1.165, 1.54) is 17.2 Å². The van der Waals surface area contributed by atoms with E-state index in [2.05, 4.69) is 5.32 Å². The molecule has 0 aliphatic carbocycles. The second-order valence-corrected chi connectivity index (χ2v) is 10.2. The van der Waals surface area contributed by atoms with Crippen LogP contribution in [0.25, 0.3) is 0 Å². The Morgan fingerprint density at radius 1 is 0.977 bits per heavy atom. The number of carboxylic acid groups (broad SMARTS) is 1. The van der Waals surface area contributed by atoms with Gasteiger partial charge >= 0.3 is 6.09 Å². The number of hydrogen-bond acceptors (Lipinski definition) is 8. The second kappa shape index (κ2) is 14.1. The molecule has 11 nitrogen and oxygen atoms in total. The highest BCUT2D eigenvalue weighted by molar-refractivity contribution is 5.92. The highest BCUT2D eigenvalue weighted by Crippen LogP contribution is 2.40. The number of benzene rings is 3. The number of carbonyl (C=O) groups is 3. The van der Waals surface area contributed by atoms with E-state index in [1.807, 2.05) is 65.6 Å². The topological polar surface area (TPSA) is 138 Å². The molecule has 0 spiro atoms. The highest BCUT2D eigenvalue weighted by Gasteiger charge is 2.29. The van der Waals surface area contributed by atoms with E-state index >= 15 is 0 Å². The fourth-order valence-electron chi connectivity index (χ4n) is 4.92. The van der Waals surface area contributed by atoms with Crippen molar-refractivity contribution in [3.63, 3.8) is 0 Å². The van der Waals surface area contributed by atoms with E-state index in [9.17, 15) is 24.7 Å². The molecule has 4 aromatic rings. The number of anilines is 4. The number of carboxylic acids is 1. The summed E-state index contributed by atoms with van der Waals surface area (Å²) < 4.78 is 12.0. The lowest BCUT2D eigenvalue weighted by Gasteiger charge is -2.36. The normalized spacial score (nSPS) is 13.7. The molecule has 0 radical (unpaired) electrons. The minimum atomic E-state index is -1.20. The fraction of sp³-hybridized carbons (Fsp3) is 0.212. The van der Waals surface area contributed by atoms with Crippen LogP contribution in [0.3, 0.4) is 0 Å². The number of rotatable bonds is 11. The summed E-state index contributed by atoms with van der Waals surface area (Å²) in [7, 11) is 0. The molecule has 1 aliphatic rings. The number of pyridine rings is 1. The van der Waals surface area contributed by atoms with Crippen molar-refractivity contribution in [2.45, 2.75) is 32.0 Å². The number of nitrogens with zero attached hydrogens (tertiary/aromatic N) is 3. The summed E-state index contributed by atoms with van der Waals surface area (Å²) in [6.45, 7) is 0.406. The molecule has 5 rings (SSSR count). The Morgan fingerprint density at radius 3 is 2.43 bits per heavy atom. The Bertz CT molecular complexity index is 1600. The SMILES string of the molecule is O=C([O-])CC1CN(c2ccccc2)c2cc(NC(=O)CCCN(C(=O)OCc3ccccc3)c3cccc[n+]3[O-])ccc2O1. The van der Waals surface area contributed by atoms with Gasteiger partial charge in [-0.1, -0.05) is 54.6 Å². The van der Waals surface area contributed by atoms with Crippen molar-refractivity contribution in [1.82, 2.24) is 0 Å². The van der Waals surface area contributed by atoms with E-state index in [-0.39, 0.29) is 50.7 Å². The summed E-state index contributed by atoms with van der Waals surface area (Å²) >= 11 is 0. The van der Waals surface area contributed by atoms with E-state index in [4.69, 9.17) is 9.47 Å². The highest BCUT2D eigenvalue weighted by atomic mass is 16.6. The first-order valence-electron chi connectivity index (χ1n) is 14.2. The molecule has 1 unspecified atom stereocenters. The predicted octanol–water partition coefficient (Wildman–Crippen LogP) is 3.92. The number of aliphatic carboxylic acids is 1. The van der Waals surface area contributed by atoms with Gasteiger partial charge in [-0.25, -0.2) is 4.73 Å². The van der Waals surface area contributed by atoms with Crippen molar-refractivity contribution in [1.29, 1.82) is 0 Å². The first-order chi connectivity index (χ1) is 21.4. The predicted molar refractivity (Wildman–Crippen MR) is 161 cm³/mol. The molecule has 1 aliphatic heterocycles. The van der Waals surface area contributed by atoms with Crippen LogP contribution in [0.2, 0.25) is 0 Å². The summed E-state index contributed by atoms with van der Waals surface area (Å²) in [4.78, 5) is 40.4. The van der Waals surface area contributed by atoms with Crippen LogP contribution in [0.5, 0.6) is 5.75 Å². The molecule has 44 heavy (non-hydrogen) atoms. The van der Waals surface area contributed by atoms with Gasteiger partial charge in [-0.05, 0) is 48.4 Å². The minimum absolute atomic E-state index is 0.0400. The molecule has 2 amide bonds.